The fourth-order valence-corrected chi connectivity index (χ4v) is 5.69. The van der Waals surface area contributed by atoms with E-state index in [-0.39, 0.29) is 11.5 Å². The summed E-state index contributed by atoms with van der Waals surface area (Å²) in [6.07, 6.45) is 8.42. The Bertz CT molecular complexity index is 866. The molecule has 0 spiro atoms. The third-order valence-corrected chi connectivity index (χ3v) is 8.08. The van der Waals surface area contributed by atoms with E-state index < -0.39 is 0 Å². The largest absolute Gasteiger partial charge is 0.356 e. The molecule has 2 aromatic rings. The maximum Gasteiger partial charge on any atom is 0.223 e. The molecule has 1 saturated heterocycles. The first-order chi connectivity index (χ1) is 13.1. The van der Waals surface area contributed by atoms with Crippen LogP contribution in [0.2, 0.25) is 0 Å². The van der Waals surface area contributed by atoms with Gasteiger partial charge in [0.05, 0.1) is 5.39 Å². The number of hydrogen-bond acceptors (Lipinski definition) is 5. The average Bonchev–Trinajstić information content (AvgIpc) is 3.58. The predicted molar refractivity (Wildman–Crippen MR) is 109 cm³/mol. The highest BCUT2D eigenvalue weighted by atomic mass is 32.1. The summed E-state index contributed by atoms with van der Waals surface area (Å²) in [5.41, 5.74) is 0.101. The van der Waals surface area contributed by atoms with Gasteiger partial charge in [-0.05, 0) is 56.4 Å². The lowest BCUT2D eigenvalue weighted by Gasteiger charge is -2.37. The molecule has 2 saturated carbocycles. The first-order valence-electron chi connectivity index (χ1n) is 10.4. The van der Waals surface area contributed by atoms with Crippen LogP contribution < -0.4 is 10.2 Å². The summed E-state index contributed by atoms with van der Waals surface area (Å²) >= 11 is 1.78. The highest BCUT2D eigenvalue weighted by Gasteiger charge is 2.53. The Labute approximate surface area is 164 Å². The molecule has 1 aliphatic heterocycles. The number of nitrogens with one attached hydrogen (secondary N) is 1. The second kappa shape index (κ2) is 6.43. The van der Waals surface area contributed by atoms with Crippen LogP contribution in [0.1, 0.15) is 50.8 Å². The molecule has 3 fully saturated rings. The minimum Gasteiger partial charge on any atom is -0.356 e. The summed E-state index contributed by atoms with van der Waals surface area (Å²) in [5.74, 6) is 2.88. The minimum atomic E-state index is 0.101. The average molecular weight is 385 g/mol. The van der Waals surface area contributed by atoms with Crippen molar-refractivity contribution < 1.29 is 4.79 Å². The second-order valence-corrected chi connectivity index (χ2v) is 9.82. The lowest BCUT2D eigenvalue weighted by Crippen LogP contribution is -2.48. The molecule has 5 rings (SSSR count). The number of aryl methyl sites for hydroxylation is 1. The van der Waals surface area contributed by atoms with Crippen LogP contribution in [0.4, 0.5) is 5.82 Å². The zero-order valence-electron chi connectivity index (χ0n) is 16.2. The molecule has 1 amide bonds. The van der Waals surface area contributed by atoms with E-state index in [1.54, 1.807) is 17.7 Å². The van der Waals surface area contributed by atoms with Crippen molar-refractivity contribution >= 4 is 33.3 Å². The number of fused-ring (bicyclic) bond motifs is 1. The molecular weight excluding hydrogens is 356 g/mol. The highest BCUT2D eigenvalue weighted by Crippen LogP contribution is 2.48. The van der Waals surface area contributed by atoms with Crippen molar-refractivity contribution in [3.63, 3.8) is 0 Å². The van der Waals surface area contributed by atoms with Crippen LogP contribution in [0.15, 0.2) is 12.4 Å². The first-order valence-corrected chi connectivity index (χ1v) is 11.2. The predicted octanol–water partition coefficient (Wildman–Crippen LogP) is 3.77. The van der Waals surface area contributed by atoms with Crippen molar-refractivity contribution in [2.45, 2.75) is 57.9 Å². The molecule has 2 aliphatic carbocycles. The van der Waals surface area contributed by atoms with Gasteiger partial charge >= 0.3 is 0 Å². The molecule has 144 valence electrons. The molecule has 0 radical (unpaired) electrons. The van der Waals surface area contributed by atoms with E-state index in [9.17, 15) is 4.79 Å². The SMILES string of the molecule is CCc1cc2c(N3CCC(C4(NC(=O)[C@@H]5C[C@H]5C)CC4)CC3)ncnc2s1. The standard InChI is InChI=1S/C21H28N4OS/c1-3-15-11-17-18(22-12-23-20(17)27-15)25-8-4-14(5-9-25)21(6-7-21)24-19(26)16-10-13(16)2/h11-14,16H,3-10H2,1-2H3,(H,24,26)/t13-,16-/m1/s1. The second-order valence-electron chi connectivity index (χ2n) is 8.71. The van der Waals surface area contributed by atoms with Crippen LogP contribution >= 0.6 is 11.3 Å². The Morgan fingerprint density at radius 3 is 2.70 bits per heavy atom. The molecule has 27 heavy (non-hydrogen) atoms. The number of carbonyl (C=O) groups is 1. The van der Waals surface area contributed by atoms with Gasteiger partial charge in [0.25, 0.3) is 0 Å². The zero-order chi connectivity index (χ0) is 18.6. The number of thiophene rings is 1. The van der Waals surface area contributed by atoms with E-state index in [4.69, 9.17) is 0 Å². The Balaban J connectivity index is 1.27. The monoisotopic (exact) mass is 384 g/mol. The summed E-state index contributed by atoms with van der Waals surface area (Å²) < 4.78 is 0. The van der Waals surface area contributed by atoms with E-state index in [0.29, 0.717) is 17.7 Å². The number of aromatic nitrogens is 2. The van der Waals surface area contributed by atoms with Crippen LogP contribution in [0, 0.1) is 17.8 Å². The fraction of sp³-hybridized carbons (Fsp3) is 0.667. The quantitative estimate of drug-likeness (QED) is 0.852. The molecule has 2 atom stereocenters. The van der Waals surface area contributed by atoms with Gasteiger partial charge in [-0.1, -0.05) is 13.8 Å². The van der Waals surface area contributed by atoms with Gasteiger partial charge in [-0.15, -0.1) is 11.3 Å². The van der Waals surface area contributed by atoms with E-state index in [1.165, 1.54) is 10.3 Å². The van der Waals surface area contributed by atoms with Crippen molar-refractivity contribution in [1.29, 1.82) is 0 Å². The van der Waals surface area contributed by atoms with Gasteiger partial charge < -0.3 is 10.2 Å². The van der Waals surface area contributed by atoms with E-state index >= 15 is 0 Å². The Hall–Kier alpha value is -1.69. The Kier molecular flexibility index (Phi) is 4.15. The van der Waals surface area contributed by atoms with Gasteiger partial charge in [0, 0.05) is 29.4 Å². The fourth-order valence-electron chi connectivity index (χ4n) is 4.76. The van der Waals surface area contributed by atoms with Gasteiger partial charge in [0.15, 0.2) is 0 Å². The van der Waals surface area contributed by atoms with Crippen LogP contribution in [0.3, 0.4) is 0 Å². The number of nitrogens with zero attached hydrogens (tertiary/aromatic N) is 3. The maximum atomic E-state index is 12.4. The first kappa shape index (κ1) is 17.4. The molecule has 5 nitrogen and oxygen atoms in total. The summed E-state index contributed by atoms with van der Waals surface area (Å²) in [4.78, 5) is 26.4. The number of rotatable bonds is 5. The number of amides is 1. The van der Waals surface area contributed by atoms with Crippen molar-refractivity contribution in [3.05, 3.63) is 17.3 Å². The molecule has 6 heteroatoms. The number of anilines is 1. The molecule has 3 heterocycles. The molecule has 1 N–H and O–H groups in total. The van der Waals surface area contributed by atoms with Crippen molar-refractivity contribution in [1.82, 2.24) is 15.3 Å². The summed E-state index contributed by atoms with van der Waals surface area (Å²) in [5, 5.41) is 4.65. The van der Waals surface area contributed by atoms with Crippen LogP contribution in [0.5, 0.6) is 0 Å². The summed E-state index contributed by atoms with van der Waals surface area (Å²) in [6, 6.07) is 2.26. The van der Waals surface area contributed by atoms with Crippen molar-refractivity contribution in [2.24, 2.45) is 17.8 Å². The third kappa shape index (κ3) is 3.12. The van der Waals surface area contributed by atoms with Gasteiger partial charge in [0.2, 0.25) is 5.91 Å². The topological polar surface area (TPSA) is 58.1 Å². The molecule has 3 aliphatic rings. The lowest BCUT2D eigenvalue weighted by molar-refractivity contribution is -0.124. The number of piperidine rings is 1. The molecule has 0 aromatic carbocycles. The van der Waals surface area contributed by atoms with Crippen LogP contribution in [-0.2, 0) is 11.2 Å². The molecular formula is C21H28N4OS. The minimum absolute atomic E-state index is 0.101. The zero-order valence-corrected chi connectivity index (χ0v) is 17.0. The number of carbonyl (C=O) groups excluding carboxylic acids is 1. The smallest absolute Gasteiger partial charge is 0.223 e. The highest BCUT2D eigenvalue weighted by molar-refractivity contribution is 7.18. The molecule has 2 aromatic heterocycles. The van der Waals surface area contributed by atoms with E-state index in [1.807, 2.05) is 0 Å². The molecule has 0 bridgehead atoms. The lowest BCUT2D eigenvalue weighted by atomic mass is 9.87. The maximum absolute atomic E-state index is 12.4. The van der Waals surface area contributed by atoms with Gasteiger partial charge in [-0.3, -0.25) is 4.79 Å². The third-order valence-electron chi connectivity index (χ3n) is 6.89. The Morgan fingerprint density at radius 2 is 2.07 bits per heavy atom. The number of hydrogen-bond donors (Lipinski definition) is 1. The van der Waals surface area contributed by atoms with Crippen LogP contribution in [-0.4, -0.2) is 34.5 Å². The van der Waals surface area contributed by atoms with Crippen molar-refractivity contribution in [3.8, 4) is 0 Å². The summed E-state index contributed by atoms with van der Waals surface area (Å²) in [6.45, 7) is 6.41. The molecule has 0 unspecified atom stereocenters. The van der Waals surface area contributed by atoms with E-state index in [0.717, 1.165) is 62.3 Å². The van der Waals surface area contributed by atoms with E-state index in [2.05, 4.69) is 40.1 Å². The Morgan fingerprint density at radius 1 is 1.33 bits per heavy atom. The summed E-state index contributed by atoms with van der Waals surface area (Å²) in [7, 11) is 0. The normalized spacial score (nSPS) is 27.0. The van der Waals surface area contributed by atoms with Gasteiger partial charge in [0.1, 0.15) is 17.0 Å². The van der Waals surface area contributed by atoms with Crippen LogP contribution in [0.25, 0.3) is 10.2 Å². The van der Waals surface area contributed by atoms with Gasteiger partial charge in [-0.25, -0.2) is 9.97 Å². The van der Waals surface area contributed by atoms with Gasteiger partial charge in [-0.2, -0.15) is 0 Å². The van der Waals surface area contributed by atoms with Crippen molar-refractivity contribution in [2.75, 3.05) is 18.0 Å².